The first-order chi connectivity index (χ1) is 14.0. The van der Waals surface area contributed by atoms with Crippen LogP contribution in [0.1, 0.15) is 0 Å². The summed E-state index contributed by atoms with van der Waals surface area (Å²) in [7, 11) is 0. The van der Waals surface area contributed by atoms with Crippen molar-refractivity contribution < 1.29 is 18.7 Å². The van der Waals surface area contributed by atoms with Crippen LogP contribution in [0, 0.1) is 0 Å². The number of fused-ring (bicyclic) bond motifs is 3. The summed E-state index contributed by atoms with van der Waals surface area (Å²) in [6, 6.07) is 13.6. The van der Waals surface area contributed by atoms with E-state index in [1.807, 2.05) is 6.07 Å². The zero-order valence-corrected chi connectivity index (χ0v) is 15.7. The van der Waals surface area contributed by atoms with Crippen molar-refractivity contribution >= 4 is 51.2 Å². The Hall–Kier alpha value is -3.65. The smallest absolute Gasteiger partial charge is 0.326 e. The van der Waals surface area contributed by atoms with Gasteiger partial charge in [-0.15, -0.1) is 0 Å². The standard InChI is InChI=1S/C20H14ClN3O5/c21-12-5-7-13(8-6-12)23-16(25)10-28-17(26)9-24-11-22-18-14-3-1-2-4-15(14)29-19(18)20(24)27/h1-8,11H,9-10H2,(H,23,25). The predicted molar refractivity (Wildman–Crippen MR) is 107 cm³/mol. The number of carbonyl (C=O) groups excluding carboxylic acids is 2. The first-order valence-corrected chi connectivity index (χ1v) is 8.97. The lowest BCUT2D eigenvalue weighted by atomic mass is 10.2. The number of benzene rings is 2. The Morgan fingerprint density at radius 1 is 1.14 bits per heavy atom. The predicted octanol–water partition coefficient (Wildman–Crippen LogP) is 2.98. The van der Waals surface area contributed by atoms with Crippen molar-refractivity contribution in [1.82, 2.24) is 9.55 Å². The number of esters is 1. The second-order valence-corrected chi connectivity index (χ2v) is 6.61. The van der Waals surface area contributed by atoms with Gasteiger partial charge in [0.25, 0.3) is 11.5 Å². The lowest BCUT2D eigenvalue weighted by molar-refractivity contribution is -0.147. The number of anilines is 1. The fourth-order valence-electron chi connectivity index (χ4n) is 2.79. The quantitative estimate of drug-likeness (QED) is 0.506. The number of carbonyl (C=O) groups is 2. The van der Waals surface area contributed by atoms with Crippen LogP contribution in [-0.4, -0.2) is 28.0 Å². The first-order valence-electron chi connectivity index (χ1n) is 8.59. The van der Waals surface area contributed by atoms with Gasteiger partial charge in [-0.3, -0.25) is 19.0 Å². The van der Waals surface area contributed by atoms with E-state index in [1.54, 1.807) is 42.5 Å². The van der Waals surface area contributed by atoms with Gasteiger partial charge in [-0.25, -0.2) is 4.98 Å². The molecule has 0 saturated heterocycles. The molecule has 0 bridgehead atoms. The molecule has 1 N–H and O–H groups in total. The van der Waals surface area contributed by atoms with Crippen LogP contribution >= 0.6 is 11.6 Å². The lowest BCUT2D eigenvalue weighted by Crippen LogP contribution is -2.27. The maximum Gasteiger partial charge on any atom is 0.326 e. The summed E-state index contributed by atoms with van der Waals surface area (Å²) < 4.78 is 11.6. The van der Waals surface area contributed by atoms with Gasteiger partial charge in [0.2, 0.25) is 5.58 Å². The van der Waals surface area contributed by atoms with Crippen LogP contribution in [-0.2, 0) is 20.9 Å². The first kappa shape index (κ1) is 18.7. The van der Waals surface area contributed by atoms with E-state index in [1.165, 1.54) is 6.33 Å². The van der Waals surface area contributed by atoms with Crippen LogP contribution in [0.25, 0.3) is 22.1 Å². The van der Waals surface area contributed by atoms with Crippen molar-refractivity contribution in [2.75, 3.05) is 11.9 Å². The van der Waals surface area contributed by atoms with Crippen LogP contribution in [0.3, 0.4) is 0 Å². The van der Waals surface area contributed by atoms with Crippen molar-refractivity contribution in [2.24, 2.45) is 0 Å². The molecule has 4 rings (SSSR count). The normalized spacial score (nSPS) is 10.9. The molecule has 9 heteroatoms. The molecular formula is C20H14ClN3O5. The average molecular weight is 412 g/mol. The van der Waals surface area contributed by atoms with Crippen molar-refractivity contribution in [3.05, 3.63) is 70.2 Å². The molecule has 0 aliphatic carbocycles. The molecule has 0 atom stereocenters. The SMILES string of the molecule is O=C(COC(=O)Cn1cnc2c(oc3ccccc32)c1=O)Nc1ccc(Cl)cc1. The van der Waals surface area contributed by atoms with E-state index in [-0.39, 0.29) is 5.58 Å². The minimum Gasteiger partial charge on any atom is -0.454 e. The number of hydrogen-bond donors (Lipinski definition) is 1. The van der Waals surface area contributed by atoms with E-state index in [2.05, 4.69) is 10.3 Å². The fourth-order valence-corrected chi connectivity index (χ4v) is 2.91. The van der Waals surface area contributed by atoms with E-state index in [0.29, 0.717) is 27.2 Å². The Morgan fingerprint density at radius 3 is 2.69 bits per heavy atom. The second kappa shape index (κ2) is 7.76. The summed E-state index contributed by atoms with van der Waals surface area (Å²) in [6.45, 7) is -0.885. The van der Waals surface area contributed by atoms with E-state index in [0.717, 1.165) is 4.57 Å². The summed E-state index contributed by atoms with van der Waals surface area (Å²) >= 11 is 5.78. The van der Waals surface area contributed by atoms with Crippen LogP contribution in [0.2, 0.25) is 5.02 Å². The maximum absolute atomic E-state index is 12.6. The number of rotatable bonds is 5. The molecule has 0 spiro atoms. The number of amides is 1. The number of para-hydroxylation sites is 1. The highest BCUT2D eigenvalue weighted by atomic mass is 35.5. The molecular weight excluding hydrogens is 398 g/mol. The number of nitrogens with zero attached hydrogens (tertiary/aromatic N) is 2. The van der Waals surface area contributed by atoms with Crippen LogP contribution in [0.4, 0.5) is 5.69 Å². The third-order valence-corrected chi connectivity index (χ3v) is 4.39. The van der Waals surface area contributed by atoms with Gasteiger partial charge in [0.05, 0.1) is 6.33 Å². The van der Waals surface area contributed by atoms with E-state index >= 15 is 0 Å². The molecule has 0 radical (unpaired) electrons. The fraction of sp³-hybridized carbons (Fsp3) is 0.100. The summed E-state index contributed by atoms with van der Waals surface area (Å²) in [5, 5.41) is 3.82. The van der Waals surface area contributed by atoms with E-state index < -0.39 is 30.6 Å². The molecule has 146 valence electrons. The van der Waals surface area contributed by atoms with Crippen molar-refractivity contribution in [2.45, 2.75) is 6.54 Å². The number of furan rings is 1. The van der Waals surface area contributed by atoms with Gasteiger partial charge >= 0.3 is 5.97 Å². The van der Waals surface area contributed by atoms with Crippen LogP contribution in [0.5, 0.6) is 0 Å². The highest BCUT2D eigenvalue weighted by Gasteiger charge is 2.15. The number of aromatic nitrogens is 2. The third kappa shape index (κ3) is 3.97. The van der Waals surface area contributed by atoms with Gasteiger partial charge in [-0.05, 0) is 36.4 Å². The summed E-state index contributed by atoms with van der Waals surface area (Å²) in [4.78, 5) is 40.7. The van der Waals surface area contributed by atoms with Crippen LogP contribution < -0.4 is 10.9 Å². The van der Waals surface area contributed by atoms with E-state index in [4.69, 9.17) is 20.8 Å². The molecule has 29 heavy (non-hydrogen) atoms. The molecule has 0 fully saturated rings. The maximum atomic E-state index is 12.6. The monoisotopic (exact) mass is 411 g/mol. The zero-order chi connectivity index (χ0) is 20.4. The topological polar surface area (TPSA) is 103 Å². The Bertz CT molecular complexity index is 1280. The minimum absolute atomic E-state index is 0.0574. The number of ether oxygens (including phenoxy) is 1. The molecule has 2 aromatic heterocycles. The number of nitrogens with one attached hydrogen (secondary N) is 1. The Balaban J connectivity index is 1.41. The summed E-state index contributed by atoms with van der Waals surface area (Å²) in [5.41, 5.74) is 1.03. The number of hydrogen-bond acceptors (Lipinski definition) is 6. The van der Waals surface area contributed by atoms with Gasteiger partial charge in [-0.2, -0.15) is 0 Å². The molecule has 0 unspecified atom stereocenters. The lowest BCUT2D eigenvalue weighted by Gasteiger charge is -2.07. The summed E-state index contributed by atoms with van der Waals surface area (Å²) in [6.07, 6.45) is 1.25. The van der Waals surface area contributed by atoms with Gasteiger partial charge in [0, 0.05) is 16.1 Å². The Kier molecular flexibility index (Phi) is 5.01. The van der Waals surface area contributed by atoms with Crippen molar-refractivity contribution in [3.63, 3.8) is 0 Å². The molecule has 8 nitrogen and oxygen atoms in total. The van der Waals surface area contributed by atoms with Gasteiger partial charge in [-0.1, -0.05) is 23.7 Å². The molecule has 4 aromatic rings. The van der Waals surface area contributed by atoms with Crippen LogP contribution in [0.15, 0.2) is 64.1 Å². The highest BCUT2D eigenvalue weighted by molar-refractivity contribution is 6.30. The van der Waals surface area contributed by atoms with Crippen molar-refractivity contribution in [1.29, 1.82) is 0 Å². The number of halogens is 1. The largest absolute Gasteiger partial charge is 0.454 e. The molecule has 0 aliphatic heterocycles. The van der Waals surface area contributed by atoms with Gasteiger partial charge in [0.15, 0.2) is 6.61 Å². The van der Waals surface area contributed by atoms with Crippen molar-refractivity contribution in [3.8, 4) is 0 Å². The second-order valence-electron chi connectivity index (χ2n) is 6.17. The van der Waals surface area contributed by atoms with E-state index in [9.17, 15) is 14.4 Å². The molecule has 0 saturated carbocycles. The molecule has 0 aliphatic rings. The van der Waals surface area contributed by atoms with Gasteiger partial charge < -0.3 is 14.5 Å². The molecule has 1 amide bonds. The molecule has 2 heterocycles. The molecule has 2 aromatic carbocycles. The van der Waals surface area contributed by atoms with Gasteiger partial charge in [0.1, 0.15) is 17.6 Å². The highest BCUT2D eigenvalue weighted by Crippen LogP contribution is 2.24. The minimum atomic E-state index is -0.754. The summed E-state index contributed by atoms with van der Waals surface area (Å²) in [5.74, 6) is -1.27. The zero-order valence-electron chi connectivity index (χ0n) is 14.9. The Morgan fingerprint density at radius 2 is 1.90 bits per heavy atom. The Labute approximate surface area is 168 Å². The third-order valence-electron chi connectivity index (χ3n) is 4.14. The average Bonchev–Trinajstić information content (AvgIpc) is 3.10.